The van der Waals surface area contributed by atoms with Gasteiger partial charge >= 0.3 is 6.09 Å². The summed E-state index contributed by atoms with van der Waals surface area (Å²) in [5, 5.41) is 9.31. The fraction of sp³-hybridized carbons (Fsp3) is 0.421. The Hall–Kier alpha value is -2.33. The molecule has 26 heavy (non-hydrogen) atoms. The average molecular weight is 417 g/mol. The summed E-state index contributed by atoms with van der Waals surface area (Å²) in [7, 11) is 0. The first-order valence-electron chi connectivity index (χ1n) is 8.47. The van der Waals surface area contributed by atoms with Gasteiger partial charge in [-0.15, -0.1) is 0 Å². The number of imidazole rings is 1. The van der Waals surface area contributed by atoms with E-state index in [1.807, 2.05) is 51.2 Å². The summed E-state index contributed by atoms with van der Waals surface area (Å²) in [6, 6.07) is 9.83. The molecule has 0 spiro atoms. The molecule has 1 fully saturated rings. The number of aromatic nitrogens is 2. The first-order valence-corrected chi connectivity index (χ1v) is 9.26. The molecule has 1 N–H and O–H groups in total. The van der Waals surface area contributed by atoms with Gasteiger partial charge in [0.2, 0.25) is 0 Å². The number of nitriles is 1. The molecule has 0 saturated carbocycles. The van der Waals surface area contributed by atoms with Crippen LogP contribution in [0, 0.1) is 17.2 Å². The number of hydrogen-bond acceptors (Lipinski definition) is 4. The van der Waals surface area contributed by atoms with Gasteiger partial charge in [0.15, 0.2) is 0 Å². The minimum absolute atomic E-state index is 0.228. The molecule has 2 heterocycles. The third-order valence-electron chi connectivity index (χ3n) is 4.16. The Balaban J connectivity index is 1.85. The lowest BCUT2D eigenvalue weighted by Gasteiger charge is -2.27. The smallest absolute Gasteiger partial charge is 0.410 e. The van der Waals surface area contributed by atoms with Crippen molar-refractivity contribution in [2.45, 2.75) is 38.8 Å². The van der Waals surface area contributed by atoms with Crippen molar-refractivity contribution < 1.29 is 9.53 Å². The number of rotatable bonds is 2. The zero-order valence-corrected chi connectivity index (χ0v) is 16.6. The van der Waals surface area contributed by atoms with Crippen LogP contribution in [0.25, 0.3) is 11.3 Å². The van der Waals surface area contributed by atoms with E-state index in [1.54, 1.807) is 4.90 Å². The minimum atomic E-state index is -0.585. The number of carbonyl (C=O) groups is 1. The fourth-order valence-corrected chi connectivity index (χ4v) is 3.25. The highest BCUT2D eigenvalue weighted by molar-refractivity contribution is 9.10. The molecule has 0 radical (unpaired) electrons. The van der Waals surface area contributed by atoms with Crippen molar-refractivity contribution in [1.29, 1.82) is 5.26 Å². The number of nitrogens with one attached hydrogen (secondary N) is 1. The summed E-state index contributed by atoms with van der Waals surface area (Å²) >= 11 is 3.42. The van der Waals surface area contributed by atoms with Crippen LogP contribution in [0.15, 0.2) is 34.9 Å². The zero-order valence-electron chi connectivity index (χ0n) is 15.0. The molecule has 1 amide bonds. The molecule has 1 aliphatic rings. The van der Waals surface area contributed by atoms with Gasteiger partial charge in [-0.3, -0.25) is 4.90 Å². The number of carbonyl (C=O) groups excluding carboxylic acids is 1. The molecule has 6 nitrogen and oxygen atoms in total. The monoisotopic (exact) mass is 416 g/mol. The maximum atomic E-state index is 12.6. The number of hydrogen-bond donors (Lipinski definition) is 1. The van der Waals surface area contributed by atoms with E-state index in [9.17, 15) is 10.1 Å². The van der Waals surface area contributed by atoms with Gasteiger partial charge < -0.3 is 9.72 Å². The normalized spacial score (nSPS) is 20.0. The molecule has 2 atom stereocenters. The molecule has 7 heteroatoms. The van der Waals surface area contributed by atoms with E-state index in [0.29, 0.717) is 18.8 Å². The molecule has 1 aliphatic heterocycles. The van der Waals surface area contributed by atoms with Crippen molar-refractivity contribution in [2.75, 3.05) is 6.54 Å². The molecule has 0 bridgehead atoms. The Kier molecular flexibility index (Phi) is 5.05. The predicted octanol–water partition coefficient (Wildman–Crippen LogP) is 4.66. The van der Waals surface area contributed by atoms with Crippen LogP contribution in [-0.4, -0.2) is 33.1 Å². The van der Waals surface area contributed by atoms with Crippen molar-refractivity contribution >= 4 is 22.0 Å². The third-order valence-corrected chi connectivity index (χ3v) is 4.69. The molecule has 0 aliphatic carbocycles. The average Bonchev–Trinajstić information content (AvgIpc) is 3.20. The van der Waals surface area contributed by atoms with Gasteiger partial charge in [-0.05, 0) is 39.3 Å². The molecule has 1 saturated heterocycles. The Labute approximate surface area is 161 Å². The number of aromatic amines is 1. The number of halogens is 1. The fourth-order valence-electron chi connectivity index (χ4n) is 2.99. The van der Waals surface area contributed by atoms with Crippen LogP contribution in [-0.2, 0) is 4.74 Å². The van der Waals surface area contributed by atoms with Crippen LogP contribution in [0.4, 0.5) is 4.79 Å². The maximum absolute atomic E-state index is 12.6. The van der Waals surface area contributed by atoms with Gasteiger partial charge in [-0.1, -0.05) is 28.1 Å². The van der Waals surface area contributed by atoms with Gasteiger partial charge in [0, 0.05) is 22.8 Å². The third kappa shape index (κ3) is 4.07. The number of likely N-dealkylation sites (tertiary alicyclic amines) is 1. The second kappa shape index (κ2) is 7.12. The number of nitrogens with zero attached hydrogens (tertiary/aromatic N) is 3. The lowest BCUT2D eigenvalue weighted by molar-refractivity contribution is 0.0216. The van der Waals surface area contributed by atoms with Crippen LogP contribution in [0.1, 0.15) is 39.1 Å². The summed E-state index contributed by atoms with van der Waals surface area (Å²) in [5.74, 6) is 0.445. The number of benzene rings is 1. The lowest BCUT2D eigenvalue weighted by Crippen LogP contribution is -2.37. The standard InChI is InChI=1S/C19H21BrN4O2/c1-19(2,3)26-18(25)24-11-12(9-21)8-16(24)17-22-10-15(23-17)13-4-6-14(20)7-5-13/h4-7,10,12,16H,8,11H2,1-3H3,(H,22,23)/t12-,16+/m1/s1. The van der Waals surface area contributed by atoms with Crippen LogP contribution >= 0.6 is 15.9 Å². The van der Waals surface area contributed by atoms with E-state index in [2.05, 4.69) is 32.0 Å². The Morgan fingerprint density at radius 1 is 1.38 bits per heavy atom. The number of H-pyrrole nitrogens is 1. The van der Waals surface area contributed by atoms with Gasteiger partial charge in [-0.2, -0.15) is 5.26 Å². The van der Waals surface area contributed by atoms with Crippen LogP contribution in [0.3, 0.4) is 0 Å². The second-order valence-corrected chi connectivity index (χ2v) is 8.30. The second-order valence-electron chi connectivity index (χ2n) is 7.39. The highest BCUT2D eigenvalue weighted by Gasteiger charge is 2.40. The predicted molar refractivity (Wildman–Crippen MR) is 101 cm³/mol. The van der Waals surface area contributed by atoms with Gasteiger partial charge in [0.25, 0.3) is 0 Å². The quantitative estimate of drug-likeness (QED) is 0.771. The summed E-state index contributed by atoms with van der Waals surface area (Å²) in [5.41, 5.74) is 1.20. The first kappa shape index (κ1) is 18.5. The summed E-state index contributed by atoms with van der Waals surface area (Å²) < 4.78 is 6.50. The molecule has 3 rings (SSSR count). The Morgan fingerprint density at radius 2 is 2.08 bits per heavy atom. The van der Waals surface area contributed by atoms with E-state index in [-0.39, 0.29) is 12.0 Å². The summed E-state index contributed by atoms with van der Waals surface area (Å²) in [6.07, 6.45) is 1.95. The van der Waals surface area contributed by atoms with Crippen molar-refractivity contribution in [3.8, 4) is 17.3 Å². The molecular formula is C19H21BrN4O2. The molecule has 136 valence electrons. The molecule has 1 aromatic carbocycles. The summed E-state index contributed by atoms with van der Waals surface area (Å²) in [4.78, 5) is 22.0. The lowest BCUT2D eigenvalue weighted by atomic mass is 10.1. The van der Waals surface area contributed by atoms with Crippen molar-refractivity contribution in [1.82, 2.24) is 14.9 Å². The van der Waals surface area contributed by atoms with E-state index < -0.39 is 11.7 Å². The molecule has 2 aromatic rings. The van der Waals surface area contributed by atoms with E-state index in [1.165, 1.54) is 0 Å². The molecular weight excluding hydrogens is 396 g/mol. The van der Waals surface area contributed by atoms with Crippen LogP contribution in [0.5, 0.6) is 0 Å². The highest BCUT2D eigenvalue weighted by Crippen LogP contribution is 2.35. The zero-order chi connectivity index (χ0) is 18.9. The molecule has 1 aromatic heterocycles. The van der Waals surface area contributed by atoms with E-state index in [0.717, 1.165) is 15.7 Å². The Bertz CT molecular complexity index is 832. The topological polar surface area (TPSA) is 82.0 Å². The summed E-state index contributed by atoms with van der Waals surface area (Å²) in [6.45, 7) is 5.84. The van der Waals surface area contributed by atoms with Gasteiger partial charge in [0.1, 0.15) is 11.4 Å². The number of ether oxygens (including phenoxy) is 1. The van der Waals surface area contributed by atoms with Crippen molar-refractivity contribution in [2.24, 2.45) is 5.92 Å². The largest absolute Gasteiger partial charge is 0.444 e. The molecule has 0 unspecified atom stereocenters. The number of amides is 1. The first-order chi connectivity index (χ1) is 12.3. The highest BCUT2D eigenvalue weighted by atomic mass is 79.9. The van der Waals surface area contributed by atoms with Gasteiger partial charge in [-0.25, -0.2) is 9.78 Å². The van der Waals surface area contributed by atoms with Crippen LogP contribution in [0.2, 0.25) is 0 Å². The Morgan fingerprint density at radius 3 is 2.69 bits per heavy atom. The van der Waals surface area contributed by atoms with Crippen molar-refractivity contribution in [3.63, 3.8) is 0 Å². The van der Waals surface area contributed by atoms with Crippen molar-refractivity contribution in [3.05, 3.63) is 40.8 Å². The van der Waals surface area contributed by atoms with E-state index >= 15 is 0 Å². The maximum Gasteiger partial charge on any atom is 0.410 e. The van der Waals surface area contributed by atoms with Crippen LogP contribution < -0.4 is 0 Å². The minimum Gasteiger partial charge on any atom is -0.444 e. The van der Waals surface area contributed by atoms with Gasteiger partial charge in [0.05, 0.1) is 23.7 Å². The SMILES string of the molecule is CC(C)(C)OC(=O)N1C[C@@H](C#N)C[C@H]1c1nc(-c2ccc(Br)cc2)c[nH]1. The van der Waals surface area contributed by atoms with E-state index in [4.69, 9.17) is 4.74 Å².